The van der Waals surface area contributed by atoms with Crippen LogP contribution in [0.3, 0.4) is 0 Å². The minimum atomic E-state index is -0.355. The molecule has 0 amide bonds. The molecule has 1 aliphatic heterocycles. The van der Waals surface area contributed by atoms with E-state index in [1.165, 1.54) is 0 Å². The maximum Gasteiger partial charge on any atom is 0.341 e. The largest absolute Gasteiger partial charge is 0.462 e. The molecule has 0 radical (unpaired) electrons. The number of nitrogens with zero attached hydrogens (tertiary/aromatic N) is 4. The SMILES string of the molecule is CCOC(=O)c1cnc2ccccc2c1N1CCN(Cc2nc3ccccc3c(=O)[nH]2)CC1. The predicted molar refractivity (Wildman–Crippen MR) is 128 cm³/mol. The first kappa shape index (κ1) is 21.1. The normalized spacial score (nSPS) is 14.6. The van der Waals surface area contributed by atoms with E-state index < -0.39 is 0 Å². The summed E-state index contributed by atoms with van der Waals surface area (Å²) in [4.78, 5) is 41.5. The number of esters is 1. The van der Waals surface area contributed by atoms with Crippen molar-refractivity contribution in [3.8, 4) is 0 Å². The molecule has 8 heteroatoms. The van der Waals surface area contributed by atoms with Gasteiger partial charge in [-0.1, -0.05) is 30.3 Å². The van der Waals surface area contributed by atoms with Gasteiger partial charge in [0.25, 0.3) is 5.56 Å². The molecule has 0 aliphatic carbocycles. The van der Waals surface area contributed by atoms with E-state index in [9.17, 15) is 9.59 Å². The quantitative estimate of drug-likeness (QED) is 0.474. The van der Waals surface area contributed by atoms with E-state index in [1.807, 2.05) is 42.5 Å². The molecule has 0 spiro atoms. The van der Waals surface area contributed by atoms with Gasteiger partial charge in [0.2, 0.25) is 0 Å². The molecular weight excluding hydrogens is 418 g/mol. The molecule has 1 fully saturated rings. The molecule has 3 heterocycles. The molecule has 2 aromatic heterocycles. The monoisotopic (exact) mass is 443 g/mol. The molecule has 5 rings (SSSR count). The molecular formula is C25H25N5O3. The smallest absolute Gasteiger partial charge is 0.341 e. The summed E-state index contributed by atoms with van der Waals surface area (Å²) in [5.74, 6) is 0.305. The summed E-state index contributed by atoms with van der Waals surface area (Å²) in [6.07, 6.45) is 1.62. The Morgan fingerprint density at radius 1 is 1.00 bits per heavy atom. The second kappa shape index (κ2) is 8.99. The van der Waals surface area contributed by atoms with E-state index in [2.05, 4.69) is 24.8 Å². The van der Waals surface area contributed by atoms with Crippen LogP contribution in [0.4, 0.5) is 5.69 Å². The van der Waals surface area contributed by atoms with Gasteiger partial charge in [0.1, 0.15) is 11.4 Å². The third-order valence-corrected chi connectivity index (χ3v) is 5.97. The lowest BCUT2D eigenvalue weighted by atomic mass is 10.1. The van der Waals surface area contributed by atoms with Crippen molar-refractivity contribution >= 4 is 33.5 Å². The van der Waals surface area contributed by atoms with E-state index in [-0.39, 0.29) is 11.5 Å². The number of carbonyl (C=O) groups is 1. The summed E-state index contributed by atoms with van der Waals surface area (Å²) in [6, 6.07) is 15.2. The van der Waals surface area contributed by atoms with E-state index >= 15 is 0 Å². The standard InChI is InChI=1S/C25H25N5O3/c1-2-33-25(32)19-15-26-20-9-5-3-7-17(20)23(19)30-13-11-29(12-14-30)16-22-27-21-10-6-4-8-18(21)24(31)28-22/h3-10,15H,2,11-14,16H2,1H3,(H,27,28,31). The molecule has 168 valence electrons. The van der Waals surface area contributed by atoms with Gasteiger partial charge >= 0.3 is 5.97 Å². The Balaban J connectivity index is 1.38. The fraction of sp³-hybridized carbons (Fsp3) is 0.280. The zero-order chi connectivity index (χ0) is 22.8. The summed E-state index contributed by atoms with van der Waals surface area (Å²) in [6.45, 7) is 5.70. The highest BCUT2D eigenvalue weighted by Crippen LogP contribution is 2.31. The number of benzene rings is 2. The molecule has 2 aromatic carbocycles. The third kappa shape index (κ3) is 4.17. The highest BCUT2D eigenvalue weighted by atomic mass is 16.5. The Kier molecular flexibility index (Phi) is 5.75. The molecule has 0 unspecified atom stereocenters. The van der Waals surface area contributed by atoms with Gasteiger partial charge in [-0.2, -0.15) is 0 Å². The van der Waals surface area contributed by atoms with Crippen LogP contribution in [0.5, 0.6) is 0 Å². The Morgan fingerprint density at radius 2 is 1.70 bits per heavy atom. The molecule has 1 N–H and O–H groups in total. The molecule has 0 bridgehead atoms. The number of para-hydroxylation sites is 2. The Labute approximate surface area is 190 Å². The van der Waals surface area contributed by atoms with Crippen molar-refractivity contribution in [1.82, 2.24) is 19.9 Å². The van der Waals surface area contributed by atoms with Gasteiger partial charge in [-0.15, -0.1) is 0 Å². The zero-order valence-electron chi connectivity index (χ0n) is 18.5. The number of aromatic nitrogens is 3. The van der Waals surface area contributed by atoms with E-state index in [0.29, 0.717) is 35.4 Å². The molecule has 0 saturated carbocycles. The van der Waals surface area contributed by atoms with Gasteiger partial charge in [0.15, 0.2) is 0 Å². The van der Waals surface area contributed by atoms with Crippen molar-refractivity contribution in [3.63, 3.8) is 0 Å². The van der Waals surface area contributed by atoms with Crippen LogP contribution >= 0.6 is 0 Å². The van der Waals surface area contributed by atoms with Crippen LogP contribution in [0.15, 0.2) is 59.5 Å². The lowest BCUT2D eigenvalue weighted by Gasteiger charge is -2.37. The van der Waals surface area contributed by atoms with Crippen molar-refractivity contribution in [1.29, 1.82) is 0 Å². The molecule has 1 aliphatic rings. The van der Waals surface area contributed by atoms with Crippen LogP contribution < -0.4 is 10.5 Å². The Bertz CT molecular complexity index is 1380. The van der Waals surface area contributed by atoms with Crippen molar-refractivity contribution in [3.05, 3.63) is 76.5 Å². The molecule has 33 heavy (non-hydrogen) atoms. The topological polar surface area (TPSA) is 91.4 Å². The lowest BCUT2D eigenvalue weighted by molar-refractivity contribution is 0.0526. The van der Waals surface area contributed by atoms with Crippen LogP contribution in [-0.2, 0) is 11.3 Å². The van der Waals surface area contributed by atoms with Crippen molar-refractivity contribution < 1.29 is 9.53 Å². The highest BCUT2D eigenvalue weighted by molar-refractivity contribution is 6.05. The van der Waals surface area contributed by atoms with Crippen LogP contribution in [0.1, 0.15) is 23.1 Å². The van der Waals surface area contributed by atoms with Crippen LogP contribution in [0.2, 0.25) is 0 Å². The van der Waals surface area contributed by atoms with Gasteiger partial charge in [-0.25, -0.2) is 9.78 Å². The maximum atomic E-state index is 12.7. The summed E-state index contributed by atoms with van der Waals surface area (Å²) in [7, 11) is 0. The van der Waals surface area contributed by atoms with Gasteiger partial charge < -0.3 is 14.6 Å². The number of H-pyrrole nitrogens is 1. The number of hydrogen-bond donors (Lipinski definition) is 1. The van der Waals surface area contributed by atoms with E-state index in [1.54, 1.807) is 19.2 Å². The number of ether oxygens (including phenoxy) is 1. The van der Waals surface area contributed by atoms with Gasteiger partial charge in [-0.05, 0) is 25.1 Å². The average Bonchev–Trinajstić information content (AvgIpc) is 2.84. The van der Waals surface area contributed by atoms with Gasteiger partial charge in [0.05, 0.1) is 35.3 Å². The minimum Gasteiger partial charge on any atom is -0.462 e. The predicted octanol–water partition coefficient (Wildman–Crippen LogP) is 2.97. The van der Waals surface area contributed by atoms with Crippen LogP contribution in [-0.4, -0.2) is 58.6 Å². The lowest BCUT2D eigenvalue weighted by Crippen LogP contribution is -2.46. The number of carbonyl (C=O) groups excluding carboxylic acids is 1. The first-order chi connectivity index (χ1) is 16.1. The number of anilines is 1. The number of piperazine rings is 1. The number of nitrogens with one attached hydrogen (secondary N) is 1. The zero-order valence-corrected chi connectivity index (χ0v) is 18.5. The fourth-order valence-electron chi connectivity index (χ4n) is 4.38. The van der Waals surface area contributed by atoms with Crippen molar-refractivity contribution in [2.75, 3.05) is 37.7 Å². The summed E-state index contributed by atoms with van der Waals surface area (Å²) < 4.78 is 5.30. The number of pyridine rings is 1. The Morgan fingerprint density at radius 3 is 2.45 bits per heavy atom. The maximum absolute atomic E-state index is 12.7. The summed E-state index contributed by atoms with van der Waals surface area (Å²) in [5, 5.41) is 1.54. The molecule has 1 saturated heterocycles. The number of fused-ring (bicyclic) bond motifs is 2. The third-order valence-electron chi connectivity index (χ3n) is 5.97. The van der Waals surface area contributed by atoms with E-state index in [4.69, 9.17) is 4.74 Å². The Hall–Kier alpha value is -3.78. The first-order valence-corrected chi connectivity index (χ1v) is 11.1. The van der Waals surface area contributed by atoms with Crippen LogP contribution in [0.25, 0.3) is 21.8 Å². The average molecular weight is 444 g/mol. The minimum absolute atomic E-state index is 0.114. The first-order valence-electron chi connectivity index (χ1n) is 11.1. The summed E-state index contributed by atoms with van der Waals surface area (Å²) >= 11 is 0. The summed E-state index contributed by atoms with van der Waals surface area (Å²) in [5.41, 5.74) is 2.80. The second-order valence-electron chi connectivity index (χ2n) is 8.05. The van der Waals surface area contributed by atoms with Gasteiger partial charge in [-0.3, -0.25) is 14.7 Å². The van der Waals surface area contributed by atoms with Gasteiger partial charge in [0, 0.05) is 37.8 Å². The van der Waals surface area contributed by atoms with Crippen LogP contribution in [0, 0.1) is 0 Å². The molecule has 0 atom stereocenters. The molecule has 8 nitrogen and oxygen atoms in total. The highest BCUT2D eigenvalue weighted by Gasteiger charge is 2.25. The number of aromatic amines is 1. The fourth-order valence-corrected chi connectivity index (χ4v) is 4.38. The van der Waals surface area contributed by atoms with E-state index in [0.717, 1.165) is 42.8 Å². The number of rotatable bonds is 5. The number of hydrogen-bond acceptors (Lipinski definition) is 7. The molecule has 4 aromatic rings. The van der Waals surface area contributed by atoms with Crippen molar-refractivity contribution in [2.45, 2.75) is 13.5 Å². The second-order valence-corrected chi connectivity index (χ2v) is 8.05. The van der Waals surface area contributed by atoms with Crippen molar-refractivity contribution in [2.24, 2.45) is 0 Å².